The number of hydrogen-bond donors (Lipinski definition) is 0. The Balaban J connectivity index is 1.98. The van der Waals surface area contributed by atoms with Crippen molar-refractivity contribution in [3.05, 3.63) is 70.2 Å². The van der Waals surface area contributed by atoms with E-state index < -0.39 is 0 Å². The van der Waals surface area contributed by atoms with E-state index in [1.807, 2.05) is 44.2 Å². The van der Waals surface area contributed by atoms with Gasteiger partial charge in [0.1, 0.15) is 5.76 Å². The SMILES string of the molecule is COC1=C(c2c(C)cc(C#CCl)cc2C)C(=O)C(Cc2ccccn2)C1. The van der Waals surface area contributed by atoms with Crippen LogP contribution in [0.3, 0.4) is 0 Å². The Morgan fingerprint density at radius 1 is 1.27 bits per heavy atom. The minimum atomic E-state index is -0.143. The topological polar surface area (TPSA) is 39.2 Å². The molecule has 0 radical (unpaired) electrons. The van der Waals surface area contributed by atoms with E-state index in [-0.39, 0.29) is 11.7 Å². The van der Waals surface area contributed by atoms with Crippen LogP contribution in [0.5, 0.6) is 0 Å². The van der Waals surface area contributed by atoms with Gasteiger partial charge in [-0.1, -0.05) is 6.07 Å². The summed E-state index contributed by atoms with van der Waals surface area (Å²) < 4.78 is 5.59. The van der Waals surface area contributed by atoms with Crippen molar-refractivity contribution in [3.8, 4) is 11.3 Å². The average molecular weight is 366 g/mol. The first-order chi connectivity index (χ1) is 12.5. The number of Topliss-reactive ketones (excluding diaryl/α,β-unsaturated/α-hetero) is 1. The number of carbonyl (C=O) groups is 1. The Bertz CT molecular complexity index is 913. The van der Waals surface area contributed by atoms with Crippen molar-refractivity contribution in [2.45, 2.75) is 26.7 Å². The van der Waals surface area contributed by atoms with E-state index in [1.165, 1.54) is 0 Å². The van der Waals surface area contributed by atoms with Gasteiger partial charge >= 0.3 is 0 Å². The lowest BCUT2D eigenvalue weighted by Crippen LogP contribution is -2.14. The Kier molecular flexibility index (Phi) is 5.44. The molecule has 1 unspecified atom stereocenters. The molecule has 132 valence electrons. The van der Waals surface area contributed by atoms with E-state index in [9.17, 15) is 4.79 Å². The molecule has 1 heterocycles. The van der Waals surface area contributed by atoms with Crippen LogP contribution in [0, 0.1) is 31.1 Å². The van der Waals surface area contributed by atoms with Crippen molar-refractivity contribution >= 4 is 23.0 Å². The minimum Gasteiger partial charge on any atom is -0.500 e. The first kappa shape index (κ1) is 18.2. The van der Waals surface area contributed by atoms with Crippen molar-refractivity contribution in [2.75, 3.05) is 7.11 Å². The smallest absolute Gasteiger partial charge is 0.170 e. The molecule has 0 spiro atoms. The molecule has 3 rings (SSSR count). The van der Waals surface area contributed by atoms with E-state index >= 15 is 0 Å². The molecule has 0 saturated heterocycles. The zero-order chi connectivity index (χ0) is 18.7. The number of benzene rings is 1. The molecule has 1 aromatic heterocycles. The maximum atomic E-state index is 13.2. The summed E-state index contributed by atoms with van der Waals surface area (Å²) in [7, 11) is 1.63. The van der Waals surface area contributed by atoms with Gasteiger partial charge in [-0.25, -0.2) is 0 Å². The highest BCUT2D eigenvalue weighted by atomic mass is 35.5. The number of halogens is 1. The average Bonchev–Trinajstić information content (AvgIpc) is 2.92. The van der Waals surface area contributed by atoms with Crippen LogP contribution in [0.2, 0.25) is 0 Å². The minimum absolute atomic E-state index is 0.120. The molecule has 2 aromatic rings. The molecule has 4 heteroatoms. The number of ketones is 1. The van der Waals surface area contributed by atoms with Crippen LogP contribution in [-0.2, 0) is 16.0 Å². The lowest BCUT2D eigenvalue weighted by atomic mass is 9.89. The fourth-order valence-corrected chi connectivity index (χ4v) is 3.74. The fraction of sp³-hybridized carbons (Fsp3) is 0.273. The van der Waals surface area contributed by atoms with Gasteiger partial charge in [-0.2, -0.15) is 0 Å². The van der Waals surface area contributed by atoms with Crippen molar-refractivity contribution in [2.24, 2.45) is 5.92 Å². The van der Waals surface area contributed by atoms with Crippen LogP contribution in [0.4, 0.5) is 0 Å². The number of aryl methyl sites for hydroxylation is 2. The summed E-state index contributed by atoms with van der Waals surface area (Å²) in [6.07, 6.45) is 2.97. The van der Waals surface area contributed by atoms with Crippen LogP contribution in [-0.4, -0.2) is 17.9 Å². The monoisotopic (exact) mass is 365 g/mol. The number of methoxy groups -OCH3 is 1. The van der Waals surface area contributed by atoms with Gasteiger partial charge in [-0.05, 0) is 72.3 Å². The number of rotatable bonds is 4. The summed E-state index contributed by atoms with van der Waals surface area (Å²) in [5.41, 5.74) is 5.38. The largest absolute Gasteiger partial charge is 0.500 e. The summed E-state index contributed by atoms with van der Waals surface area (Å²) in [4.78, 5) is 17.5. The van der Waals surface area contributed by atoms with E-state index in [0.29, 0.717) is 18.4 Å². The second-order valence-electron chi connectivity index (χ2n) is 6.50. The third-order valence-corrected chi connectivity index (χ3v) is 4.82. The second-order valence-corrected chi connectivity index (χ2v) is 6.69. The second kappa shape index (κ2) is 7.76. The normalized spacial score (nSPS) is 16.5. The van der Waals surface area contributed by atoms with Gasteiger partial charge in [0.2, 0.25) is 0 Å². The maximum Gasteiger partial charge on any atom is 0.170 e. The fourth-order valence-electron chi connectivity index (χ4n) is 3.63. The molecule has 0 N–H and O–H groups in total. The number of hydrogen-bond acceptors (Lipinski definition) is 3. The van der Waals surface area contributed by atoms with Gasteiger partial charge in [-0.3, -0.25) is 9.78 Å². The number of carbonyl (C=O) groups excluding carboxylic acids is 1. The lowest BCUT2D eigenvalue weighted by molar-refractivity contribution is -0.116. The summed E-state index contributed by atoms with van der Waals surface area (Å²) in [6, 6.07) is 9.68. The molecule has 3 nitrogen and oxygen atoms in total. The van der Waals surface area contributed by atoms with Gasteiger partial charge in [0.05, 0.1) is 12.7 Å². The maximum absolute atomic E-state index is 13.2. The number of ether oxygens (including phenoxy) is 1. The predicted octanol–water partition coefficient (Wildman–Crippen LogP) is 4.44. The molecule has 1 aromatic carbocycles. The zero-order valence-electron chi connectivity index (χ0n) is 15.1. The van der Waals surface area contributed by atoms with E-state index in [1.54, 1.807) is 13.3 Å². The molecule has 26 heavy (non-hydrogen) atoms. The van der Waals surface area contributed by atoms with E-state index in [4.69, 9.17) is 16.3 Å². The molecular formula is C22H20ClNO2. The number of allylic oxidation sites excluding steroid dienone is 2. The molecule has 0 fully saturated rings. The highest BCUT2D eigenvalue weighted by molar-refractivity contribution is 6.30. The molecule has 0 amide bonds. The highest BCUT2D eigenvalue weighted by Gasteiger charge is 2.36. The van der Waals surface area contributed by atoms with E-state index in [2.05, 4.69) is 16.3 Å². The highest BCUT2D eigenvalue weighted by Crippen LogP contribution is 2.39. The van der Waals surface area contributed by atoms with E-state index in [0.717, 1.165) is 33.7 Å². The summed E-state index contributed by atoms with van der Waals surface area (Å²) in [6.45, 7) is 3.97. The molecule has 0 saturated carbocycles. The molecule has 1 aliphatic carbocycles. The van der Waals surface area contributed by atoms with Crippen molar-refractivity contribution in [1.29, 1.82) is 0 Å². The zero-order valence-corrected chi connectivity index (χ0v) is 15.9. The van der Waals surface area contributed by atoms with Gasteiger partial charge in [0.25, 0.3) is 0 Å². The Morgan fingerprint density at radius 2 is 2.00 bits per heavy atom. The number of aromatic nitrogens is 1. The van der Waals surface area contributed by atoms with Crippen molar-refractivity contribution < 1.29 is 9.53 Å². The summed E-state index contributed by atoms with van der Waals surface area (Å²) in [5.74, 6) is 3.59. The van der Waals surface area contributed by atoms with Crippen LogP contribution < -0.4 is 0 Å². The van der Waals surface area contributed by atoms with Crippen molar-refractivity contribution in [3.63, 3.8) is 0 Å². The quantitative estimate of drug-likeness (QED) is 0.752. The first-order valence-electron chi connectivity index (χ1n) is 8.49. The Morgan fingerprint density at radius 3 is 2.58 bits per heavy atom. The lowest BCUT2D eigenvalue weighted by Gasteiger charge is -2.13. The van der Waals surface area contributed by atoms with Gasteiger partial charge in [0.15, 0.2) is 5.78 Å². The summed E-state index contributed by atoms with van der Waals surface area (Å²) in [5, 5.41) is 2.40. The van der Waals surface area contributed by atoms with Gasteiger partial charge in [0, 0.05) is 41.6 Å². The standard InChI is InChI=1S/C22H20ClNO2/c1-14-10-16(7-8-23)11-15(2)20(14)21-19(26-3)13-17(22(21)25)12-18-6-4-5-9-24-18/h4-6,9-11,17H,12-13H2,1-3H3. The first-order valence-corrected chi connectivity index (χ1v) is 8.87. The molecule has 0 bridgehead atoms. The molecule has 1 atom stereocenters. The molecule has 0 aliphatic heterocycles. The third kappa shape index (κ3) is 3.52. The number of nitrogens with zero attached hydrogens (tertiary/aromatic N) is 1. The molecule has 1 aliphatic rings. The Labute approximate surface area is 159 Å². The molecular weight excluding hydrogens is 346 g/mol. The van der Waals surface area contributed by atoms with Gasteiger partial charge in [-0.15, -0.1) is 0 Å². The predicted molar refractivity (Wildman–Crippen MR) is 104 cm³/mol. The van der Waals surface area contributed by atoms with Crippen LogP contribution >= 0.6 is 11.6 Å². The van der Waals surface area contributed by atoms with Crippen LogP contribution in [0.1, 0.15) is 34.4 Å². The number of pyridine rings is 1. The van der Waals surface area contributed by atoms with Crippen LogP contribution in [0.15, 0.2) is 42.3 Å². The summed E-state index contributed by atoms with van der Waals surface area (Å²) >= 11 is 5.52. The van der Waals surface area contributed by atoms with Crippen molar-refractivity contribution in [1.82, 2.24) is 4.98 Å². The third-order valence-electron chi connectivity index (χ3n) is 4.73. The van der Waals surface area contributed by atoms with Crippen LogP contribution in [0.25, 0.3) is 5.57 Å². The Hall–Kier alpha value is -2.57. The van der Waals surface area contributed by atoms with Gasteiger partial charge < -0.3 is 4.74 Å².